The van der Waals surface area contributed by atoms with Gasteiger partial charge in [-0.3, -0.25) is 4.79 Å². The smallest absolute Gasteiger partial charge is 0.243 e. The number of benzene rings is 2. The average Bonchev–Trinajstić information content (AvgIpc) is 3.36. The Morgan fingerprint density at radius 1 is 0.879 bits per heavy atom. The summed E-state index contributed by atoms with van der Waals surface area (Å²) < 4.78 is 39.0. The molecule has 3 aliphatic rings. The van der Waals surface area contributed by atoms with Gasteiger partial charge in [-0.1, -0.05) is 0 Å². The fraction of sp³-hybridized carbons (Fsp3) is 0.458. The van der Waals surface area contributed by atoms with Crippen molar-refractivity contribution >= 4 is 27.3 Å². The molecule has 1 unspecified atom stereocenters. The molecule has 2 aromatic rings. The summed E-state index contributed by atoms with van der Waals surface area (Å²) in [4.78, 5) is 15.5. The van der Waals surface area contributed by atoms with Gasteiger partial charge < -0.3 is 19.7 Å². The van der Waals surface area contributed by atoms with Crippen molar-refractivity contribution in [2.45, 2.75) is 43.0 Å². The highest BCUT2D eigenvalue weighted by Gasteiger charge is 2.40. The minimum absolute atomic E-state index is 0.109. The Hall–Kier alpha value is -2.78. The molecular formula is C24H29N3O5S. The Balaban J connectivity index is 1.29. The van der Waals surface area contributed by atoms with Gasteiger partial charge in [-0.2, -0.15) is 4.31 Å². The number of carbonyl (C=O) groups is 1. The molecule has 1 atom stereocenters. The lowest BCUT2D eigenvalue weighted by atomic mass is 10.1. The number of ether oxygens (including phenoxy) is 2. The fourth-order valence-electron chi connectivity index (χ4n) is 4.74. The number of fused-ring (bicyclic) bond motifs is 1. The van der Waals surface area contributed by atoms with Crippen molar-refractivity contribution in [3.63, 3.8) is 0 Å². The zero-order valence-corrected chi connectivity index (χ0v) is 19.4. The molecule has 176 valence electrons. The average molecular weight is 472 g/mol. The summed E-state index contributed by atoms with van der Waals surface area (Å²) in [6.07, 6.45) is 4.80. The van der Waals surface area contributed by atoms with Crippen LogP contribution >= 0.6 is 0 Å². The number of nitrogens with one attached hydrogen (secondary N) is 1. The summed E-state index contributed by atoms with van der Waals surface area (Å²) in [6, 6.07) is 11.7. The molecule has 33 heavy (non-hydrogen) atoms. The molecule has 1 N–H and O–H groups in total. The van der Waals surface area contributed by atoms with Gasteiger partial charge in [0.15, 0.2) is 11.5 Å². The third-order valence-electron chi connectivity index (χ3n) is 6.48. The lowest BCUT2D eigenvalue weighted by Gasteiger charge is -2.29. The first-order valence-electron chi connectivity index (χ1n) is 11.6. The molecule has 2 fully saturated rings. The van der Waals surface area contributed by atoms with Crippen LogP contribution in [0, 0.1) is 0 Å². The number of hydrogen-bond acceptors (Lipinski definition) is 6. The monoisotopic (exact) mass is 471 g/mol. The predicted octanol–water partition coefficient (Wildman–Crippen LogP) is 3.24. The predicted molar refractivity (Wildman–Crippen MR) is 125 cm³/mol. The fourth-order valence-corrected chi connectivity index (χ4v) is 6.42. The summed E-state index contributed by atoms with van der Waals surface area (Å²) in [5, 5.41) is 2.91. The van der Waals surface area contributed by atoms with Crippen molar-refractivity contribution in [3.8, 4) is 11.5 Å². The van der Waals surface area contributed by atoms with Crippen LogP contribution in [0.1, 0.15) is 32.1 Å². The van der Waals surface area contributed by atoms with Crippen molar-refractivity contribution in [2.24, 2.45) is 0 Å². The molecule has 8 nitrogen and oxygen atoms in total. The van der Waals surface area contributed by atoms with Crippen LogP contribution < -0.4 is 19.7 Å². The van der Waals surface area contributed by atoms with Crippen LogP contribution in [0.15, 0.2) is 47.4 Å². The summed E-state index contributed by atoms with van der Waals surface area (Å²) in [5.41, 5.74) is 1.82. The number of hydrogen-bond donors (Lipinski definition) is 1. The van der Waals surface area contributed by atoms with E-state index in [4.69, 9.17) is 9.47 Å². The summed E-state index contributed by atoms with van der Waals surface area (Å²) in [7, 11) is -3.85. The van der Waals surface area contributed by atoms with Crippen LogP contribution in [0.3, 0.4) is 0 Å². The van der Waals surface area contributed by atoms with E-state index < -0.39 is 16.1 Å². The number of rotatable bonds is 5. The minimum Gasteiger partial charge on any atom is -0.486 e. The Kier molecular flexibility index (Phi) is 6.16. The maximum absolute atomic E-state index is 13.4. The van der Waals surface area contributed by atoms with Crippen molar-refractivity contribution in [1.29, 1.82) is 0 Å². The van der Waals surface area contributed by atoms with Gasteiger partial charge in [-0.05, 0) is 68.5 Å². The van der Waals surface area contributed by atoms with Crippen LogP contribution in [0.5, 0.6) is 11.5 Å². The number of nitrogens with zero attached hydrogens (tertiary/aromatic N) is 2. The highest BCUT2D eigenvalue weighted by molar-refractivity contribution is 7.89. The normalized spacial score (nSPS) is 21.1. The van der Waals surface area contributed by atoms with Crippen molar-refractivity contribution in [1.82, 2.24) is 4.31 Å². The first-order valence-corrected chi connectivity index (χ1v) is 13.0. The van der Waals surface area contributed by atoms with Gasteiger partial charge in [0, 0.05) is 37.1 Å². The molecule has 0 aliphatic carbocycles. The third kappa shape index (κ3) is 4.52. The van der Waals surface area contributed by atoms with Gasteiger partial charge in [-0.15, -0.1) is 0 Å². The van der Waals surface area contributed by atoms with E-state index in [1.165, 1.54) is 35.7 Å². The molecule has 2 saturated heterocycles. The number of carbonyl (C=O) groups excluding carboxylic acids is 1. The van der Waals surface area contributed by atoms with E-state index in [0.717, 1.165) is 18.8 Å². The summed E-state index contributed by atoms with van der Waals surface area (Å²) >= 11 is 0. The van der Waals surface area contributed by atoms with Gasteiger partial charge in [0.05, 0.1) is 4.90 Å². The van der Waals surface area contributed by atoms with Crippen molar-refractivity contribution in [3.05, 3.63) is 42.5 Å². The van der Waals surface area contributed by atoms with Gasteiger partial charge in [-0.25, -0.2) is 8.42 Å². The van der Waals surface area contributed by atoms with Crippen LogP contribution in [0.2, 0.25) is 0 Å². The van der Waals surface area contributed by atoms with E-state index in [9.17, 15) is 13.2 Å². The SMILES string of the molecule is O=C(Nc1ccc(N2CCCCC2)cc1)C1CCCN1S(=O)(=O)c1ccc2c(c1)OCCO2. The van der Waals surface area contributed by atoms with Crippen LogP contribution in [-0.4, -0.2) is 57.5 Å². The Morgan fingerprint density at radius 3 is 2.36 bits per heavy atom. The first kappa shape index (κ1) is 22.0. The summed E-state index contributed by atoms with van der Waals surface area (Å²) in [6.45, 7) is 3.23. The molecule has 3 heterocycles. The molecule has 2 aromatic carbocycles. The van der Waals surface area contributed by atoms with Gasteiger partial charge in [0.25, 0.3) is 0 Å². The molecule has 9 heteroatoms. The van der Waals surface area contributed by atoms with E-state index in [1.54, 1.807) is 6.07 Å². The summed E-state index contributed by atoms with van der Waals surface area (Å²) in [5.74, 6) is 0.638. The number of piperidine rings is 1. The number of amides is 1. The van der Waals surface area contributed by atoms with Gasteiger partial charge in [0.1, 0.15) is 19.3 Å². The first-order chi connectivity index (χ1) is 16.0. The molecule has 0 saturated carbocycles. The second kappa shape index (κ2) is 9.23. The second-order valence-electron chi connectivity index (χ2n) is 8.66. The number of sulfonamides is 1. The number of anilines is 2. The molecule has 1 amide bonds. The van der Waals surface area contributed by atoms with Gasteiger partial charge >= 0.3 is 0 Å². The lowest BCUT2D eigenvalue weighted by molar-refractivity contribution is -0.119. The minimum atomic E-state index is -3.85. The Morgan fingerprint density at radius 2 is 1.61 bits per heavy atom. The van der Waals surface area contributed by atoms with Crippen LogP contribution in [0.4, 0.5) is 11.4 Å². The standard InChI is InChI=1S/C24H29N3O5S/c28-24(25-18-6-8-19(9-7-18)26-12-2-1-3-13-26)21-5-4-14-27(21)33(29,30)20-10-11-22-23(17-20)32-16-15-31-22/h6-11,17,21H,1-5,12-16H2,(H,25,28). The highest BCUT2D eigenvalue weighted by Crippen LogP contribution is 2.35. The largest absolute Gasteiger partial charge is 0.486 e. The van der Waals surface area contributed by atoms with E-state index >= 15 is 0 Å². The Labute approximate surface area is 194 Å². The van der Waals surface area contributed by atoms with Crippen molar-refractivity contribution in [2.75, 3.05) is 43.1 Å². The quantitative estimate of drug-likeness (QED) is 0.720. The molecule has 0 radical (unpaired) electrons. The molecule has 3 aliphatic heterocycles. The van der Waals surface area contributed by atoms with E-state index in [0.29, 0.717) is 49.8 Å². The van der Waals surface area contributed by atoms with Gasteiger partial charge in [0.2, 0.25) is 15.9 Å². The van der Waals surface area contributed by atoms with E-state index in [2.05, 4.69) is 10.2 Å². The lowest BCUT2D eigenvalue weighted by Crippen LogP contribution is -2.43. The molecule has 5 rings (SSSR count). The molecule has 0 bridgehead atoms. The maximum atomic E-state index is 13.4. The molecular weight excluding hydrogens is 442 g/mol. The topological polar surface area (TPSA) is 88.2 Å². The van der Waals surface area contributed by atoms with Crippen molar-refractivity contribution < 1.29 is 22.7 Å². The maximum Gasteiger partial charge on any atom is 0.243 e. The molecule has 0 spiro atoms. The molecule has 0 aromatic heterocycles. The zero-order valence-electron chi connectivity index (χ0n) is 18.5. The second-order valence-corrected chi connectivity index (χ2v) is 10.6. The third-order valence-corrected chi connectivity index (χ3v) is 8.39. The van der Waals surface area contributed by atoms with Crippen LogP contribution in [-0.2, 0) is 14.8 Å². The van der Waals surface area contributed by atoms with Crippen LogP contribution in [0.25, 0.3) is 0 Å². The highest BCUT2D eigenvalue weighted by atomic mass is 32.2. The van der Waals surface area contributed by atoms with E-state index in [-0.39, 0.29) is 10.8 Å². The zero-order chi connectivity index (χ0) is 22.8. The Bertz CT molecular complexity index is 1110. The van der Waals surface area contributed by atoms with E-state index in [1.807, 2.05) is 24.3 Å².